The Hall–Kier alpha value is -1.08. The average Bonchev–Trinajstić information content (AvgIpc) is 2.74. The minimum atomic E-state index is 0.0833. The second-order valence-corrected chi connectivity index (χ2v) is 6.19. The summed E-state index contributed by atoms with van der Waals surface area (Å²) in [5.74, 6) is 3.53. The summed E-state index contributed by atoms with van der Waals surface area (Å²) >= 11 is 0. The lowest BCUT2D eigenvalue weighted by molar-refractivity contribution is 0.0758. The van der Waals surface area contributed by atoms with Gasteiger partial charge in [-0.3, -0.25) is 0 Å². The van der Waals surface area contributed by atoms with Gasteiger partial charge in [0, 0.05) is 18.9 Å². The summed E-state index contributed by atoms with van der Waals surface area (Å²) in [5.41, 5.74) is 1.37. The third kappa shape index (κ3) is 1.31. The van der Waals surface area contributed by atoms with Crippen molar-refractivity contribution in [2.24, 2.45) is 23.7 Å². The molecule has 4 rings (SSSR count). The van der Waals surface area contributed by atoms with Crippen molar-refractivity contribution in [1.82, 2.24) is 0 Å². The van der Waals surface area contributed by atoms with Crippen molar-refractivity contribution in [2.45, 2.75) is 24.9 Å². The first-order chi connectivity index (χ1) is 8.85. The van der Waals surface area contributed by atoms with Gasteiger partial charge in [0.25, 0.3) is 0 Å². The highest BCUT2D eigenvalue weighted by Gasteiger charge is 2.74. The third-order valence-corrected chi connectivity index (χ3v) is 5.54. The molecule has 0 saturated heterocycles. The molecule has 1 aromatic rings. The molecule has 0 heterocycles. The number of ether oxygens (including phenoxy) is 1. The fraction of sp³-hybridized carbons (Fsp3) is 0.529. The maximum atomic E-state index is 5.93. The largest absolute Gasteiger partial charge is 0.374 e. The van der Waals surface area contributed by atoms with Crippen LogP contribution in [0.25, 0.3) is 6.08 Å². The first-order valence-electron chi connectivity index (χ1n) is 7.14. The van der Waals surface area contributed by atoms with Crippen molar-refractivity contribution >= 4 is 6.08 Å². The van der Waals surface area contributed by atoms with Gasteiger partial charge in [-0.1, -0.05) is 42.5 Å². The number of methoxy groups -OCH3 is 1. The van der Waals surface area contributed by atoms with E-state index >= 15 is 0 Å². The van der Waals surface area contributed by atoms with Crippen molar-refractivity contribution in [1.29, 1.82) is 0 Å². The zero-order chi connectivity index (χ0) is 12.2. The van der Waals surface area contributed by atoms with E-state index < -0.39 is 0 Å². The Balaban J connectivity index is 1.59. The van der Waals surface area contributed by atoms with E-state index in [0.717, 1.165) is 23.7 Å². The molecule has 2 bridgehead atoms. The SMILES string of the molecule is COC1(/C=C/c2ccccc2)[C@@H]2[C@H]3CC[C@H](C3)[C@@H]21. The van der Waals surface area contributed by atoms with E-state index in [1.54, 1.807) is 0 Å². The molecule has 18 heavy (non-hydrogen) atoms. The predicted octanol–water partition coefficient (Wildman–Crippen LogP) is 3.76. The second kappa shape index (κ2) is 3.71. The van der Waals surface area contributed by atoms with Crippen LogP contribution in [0.15, 0.2) is 36.4 Å². The van der Waals surface area contributed by atoms with E-state index in [1.807, 2.05) is 7.11 Å². The van der Waals surface area contributed by atoms with Gasteiger partial charge in [0.1, 0.15) is 0 Å². The first-order valence-corrected chi connectivity index (χ1v) is 7.14. The Labute approximate surface area is 109 Å². The van der Waals surface area contributed by atoms with Gasteiger partial charge in [0.05, 0.1) is 5.60 Å². The summed E-state index contributed by atoms with van der Waals surface area (Å²) in [4.78, 5) is 0. The van der Waals surface area contributed by atoms with Crippen LogP contribution in [-0.4, -0.2) is 12.7 Å². The van der Waals surface area contributed by atoms with Gasteiger partial charge in [-0.25, -0.2) is 0 Å². The molecule has 94 valence electrons. The summed E-state index contributed by atoms with van der Waals surface area (Å²) in [7, 11) is 1.90. The normalized spacial score (nSPS) is 44.5. The van der Waals surface area contributed by atoms with Gasteiger partial charge >= 0.3 is 0 Å². The zero-order valence-corrected chi connectivity index (χ0v) is 10.9. The van der Waals surface area contributed by atoms with Crippen LogP contribution in [0.3, 0.4) is 0 Å². The molecule has 1 unspecified atom stereocenters. The molecule has 0 amide bonds. The molecule has 3 fully saturated rings. The van der Waals surface area contributed by atoms with Crippen molar-refractivity contribution in [3.8, 4) is 0 Å². The molecule has 0 aromatic heterocycles. The van der Waals surface area contributed by atoms with Gasteiger partial charge in [0.2, 0.25) is 0 Å². The molecule has 0 N–H and O–H groups in total. The summed E-state index contributed by atoms with van der Waals surface area (Å²) in [5, 5.41) is 0. The Morgan fingerprint density at radius 2 is 1.78 bits per heavy atom. The predicted molar refractivity (Wildman–Crippen MR) is 73.0 cm³/mol. The highest BCUT2D eigenvalue weighted by atomic mass is 16.5. The molecule has 3 saturated carbocycles. The van der Waals surface area contributed by atoms with Crippen molar-refractivity contribution in [3.05, 3.63) is 42.0 Å². The molecule has 0 aliphatic heterocycles. The van der Waals surface area contributed by atoms with Crippen molar-refractivity contribution in [3.63, 3.8) is 0 Å². The standard InChI is InChI=1S/C17H20O/c1-18-17(10-9-12-5-3-2-4-6-12)15-13-7-8-14(11-13)16(15)17/h2-6,9-10,13-16H,7-8,11H2,1H3/b10-9+/t13-,14+,15+,16-,17?. The summed E-state index contributed by atoms with van der Waals surface area (Å²) in [6.45, 7) is 0. The molecule has 1 nitrogen and oxygen atoms in total. The van der Waals surface area contributed by atoms with Crippen LogP contribution < -0.4 is 0 Å². The van der Waals surface area contributed by atoms with Crippen LogP contribution in [0.1, 0.15) is 24.8 Å². The van der Waals surface area contributed by atoms with Gasteiger partial charge in [-0.15, -0.1) is 0 Å². The lowest BCUT2D eigenvalue weighted by Crippen LogP contribution is -2.19. The summed E-state index contributed by atoms with van der Waals surface area (Å²) in [6, 6.07) is 10.6. The van der Waals surface area contributed by atoms with E-state index in [0.29, 0.717) is 0 Å². The molecule has 5 atom stereocenters. The monoisotopic (exact) mass is 240 g/mol. The fourth-order valence-corrected chi connectivity index (χ4v) is 4.82. The van der Waals surface area contributed by atoms with Gasteiger partial charge < -0.3 is 4.74 Å². The van der Waals surface area contributed by atoms with E-state index in [1.165, 1.54) is 24.8 Å². The van der Waals surface area contributed by atoms with E-state index in [9.17, 15) is 0 Å². The molecule has 1 heteroatoms. The molecule has 3 aliphatic carbocycles. The van der Waals surface area contributed by atoms with Crippen LogP contribution in [0.5, 0.6) is 0 Å². The molecule has 1 aromatic carbocycles. The molecular weight excluding hydrogens is 220 g/mol. The van der Waals surface area contributed by atoms with Crippen molar-refractivity contribution < 1.29 is 4.74 Å². The number of benzene rings is 1. The van der Waals surface area contributed by atoms with Crippen LogP contribution >= 0.6 is 0 Å². The van der Waals surface area contributed by atoms with Crippen LogP contribution in [0.4, 0.5) is 0 Å². The fourth-order valence-electron chi connectivity index (χ4n) is 4.82. The lowest BCUT2D eigenvalue weighted by atomic mass is 9.98. The Bertz CT molecular complexity index is 460. The average molecular weight is 240 g/mol. The van der Waals surface area contributed by atoms with Crippen LogP contribution in [0.2, 0.25) is 0 Å². The molecule has 0 radical (unpaired) electrons. The second-order valence-electron chi connectivity index (χ2n) is 6.19. The highest BCUT2D eigenvalue weighted by molar-refractivity contribution is 5.53. The minimum absolute atomic E-state index is 0.0833. The number of fused-ring (bicyclic) bond motifs is 5. The number of hydrogen-bond acceptors (Lipinski definition) is 1. The highest BCUT2D eigenvalue weighted by Crippen LogP contribution is 2.73. The zero-order valence-electron chi connectivity index (χ0n) is 10.9. The first kappa shape index (κ1) is 10.8. The van der Waals surface area contributed by atoms with E-state index in [4.69, 9.17) is 4.74 Å². The minimum Gasteiger partial charge on any atom is -0.374 e. The molecular formula is C17H20O. The maximum Gasteiger partial charge on any atom is 0.0931 e. The van der Waals surface area contributed by atoms with Crippen LogP contribution in [-0.2, 0) is 4.74 Å². The van der Waals surface area contributed by atoms with E-state index in [-0.39, 0.29) is 5.60 Å². The Morgan fingerprint density at radius 1 is 1.11 bits per heavy atom. The van der Waals surface area contributed by atoms with Gasteiger partial charge in [-0.2, -0.15) is 0 Å². The number of hydrogen-bond donors (Lipinski definition) is 0. The number of rotatable bonds is 3. The maximum absolute atomic E-state index is 5.93. The Kier molecular flexibility index (Phi) is 2.23. The van der Waals surface area contributed by atoms with Crippen molar-refractivity contribution in [2.75, 3.05) is 7.11 Å². The topological polar surface area (TPSA) is 9.23 Å². The smallest absolute Gasteiger partial charge is 0.0931 e. The molecule has 0 spiro atoms. The van der Waals surface area contributed by atoms with Gasteiger partial charge in [0.15, 0.2) is 0 Å². The van der Waals surface area contributed by atoms with Crippen LogP contribution in [0, 0.1) is 23.7 Å². The summed E-state index contributed by atoms with van der Waals surface area (Å²) in [6.07, 6.45) is 8.95. The summed E-state index contributed by atoms with van der Waals surface area (Å²) < 4.78 is 5.93. The third-order valence-electron chi connectivity index (χ3n) is 5.54. The van der Waals surface area contributed by atoms with E-state index in [2.05, 4.69) is 42.5 Å². The lowest BCUT2D eigenvalue weighted by Gasteiger charge is -2.18. The quantitative estimate of drug-likeness (QED) is 0.781. The Morgan fingerprint density at radius 3 is 2.39 bits per heavy atom. The van der Waals surface area contributed by atoms with Gasteiger partial charge in [-0.05, 0) is 36.7 Å². The molecule has 3 aliphatic rings.